The molecule has 21 heavy (non-hydrogen) atoms. The summed E-state index contributed by atoms with van der Waals surface area (Å²) in [7, 11) is 0. The molecule has 6 nitrogen and oxygen atoms in total. The van der Waals surface area contributed by atoms with E-state index in [1.54, 1.807) is 13.8 Å². The number of piperidine rings is 1. The van der Waals surface area contributed by atoms with Crippen LogP contribution in [0.25, 0.3) is 0 Å². The third kappa shape index (κ3) is 3.67. The molecule has 2 fully saturated rings. The van der Waals surface area contributed by atoms with Crippen molar-refractivity contribution >= 4 is 12.0 Å². The molecule has 2 amide bonds. The van der Waals surface area contributed by atoms with Gasteiger partial charge in [0.1, 0.15) is 0 Å². The first-order valence-corrected chi connectivity index (χ1v) is 7.83. The Morgan fingerprint density at radius 3 is 2.67 bits per heavy atom. The topological polar surface area (TPSA) is 72.9 Å². The summed E-state index contributed by atoms with van der Waals surface area (Å²) >= 11 is 0. The van der Waals surface area contributed by atoms with Crippen molar-refractivity contribution in [3.63, 3.8) is 0 Å². The van der Waals surface area contributed by atoms with E-state index in [0.29, 0.717) is 6.04 Å². The fourth-order valence-electron chi connectivity index (χ4n) is 3.11. The Hall–Kier alpha value is -1.30. The van der Waals surface area contributed by atoms with Crippen molar-refractivity contribution in [1.82, 2.24) is 15.1 Å². The Morgan fingerprint density at radius 1 is 1.29 bits per heavy atom. The molecule has 0 aliphatic carbocycles. The number of nitrogens with zero attached hydrogens (tertiary/aromatic N) is 2. The minimum Gasteiger partial charge on any atom is -0.481 e. The number of hydrogen-bond donors (Lipinski definition) is 2. The highest BCUT2D eigenvalue weighted by Gasteiger charge is 2.36. The zero-order chi connectivity index (χ0) is 15.6. The lowest BCUT2D eigenvalue weighted by molar-refractivity contribution is -0.146. The van der Waals surface area contributed by atoms with Gasteiger partial charge in [-0.3, -0.25) is 9.69 Å². The van der Waals surface area contributed by atoms with E-state index in [1.807, 2.05) is 4.90 Å². The van der Waals surface area contributed by atoms with E-state index < -0.39 is 11.4 Å². The van der Waals surface area contributed by atoms with Crippen molar-refractivity contribution in [2.75, 3.05) is 26.2 Å². The van der Waals surface area contributed by atoms with Crippen LogP contribution in [0.15, 0.2) is 0 Å². The molecular weight excluding hydrogens is 270 g/mol. The van der Waals surface area contributed by atoms with Crippen LogP contribution in [-0.2, 0) is 4.79 Å². The number of urea groups is 1. The predicted octanol–water partition coefficient (Wildman–Crippen LogP) is 1.37. The van der Waals surface area contributed by atoms with Crippen LogP contribution in [0.5, 0.6) is 0 Å². The summed E-state index contributed by atoms with van der Waals surface area (Å²) < 4.78 is 0. The molecule has 2 heterocycles. The van der Waals surface area contributed by atoms with Crippen molar-refractivity contribution < 1.29 is 14.7 Å². The molecule has 6 heteroatoms. The Balaban J connectivity index is 1.91. The normalized spacial score (nSPS) is 27.1. The standard InChI is InChI=1S/C15H27N3O3/c1-11-8-17-7-5-4-6-12(17)9-18(11)14(21)16-10-15(2,3)13(19)20/h11-12H,4-10H2,1-3H3,(H,16,21)(H,19,20). The van der Waals surface area contributed by atoms with Crippen LogP contribution in [-0.4, -0.2) is 65.2 Å². The number of fused-ring (bicyclic) bond motifs is 1. The van der Waals surface area contributed by atoms with Gasteiger partial charge in [0, 0.05) is 31.7 Å². The second kappa shape index (κ2) is 6.22. The maximum Gasteiger partial charge on any atom is 0.317 e. The zero-order valence-electron chi connectivity index (χ0n) is 13.3. The molecular formula is C15H27N3O3. The number of carboxylic acid groups (broad SMARTS) is 1. The number of carbonyl (C=O) groups excluding carboxylic acids is 1. The fourth-order valence-corrected chi connectivity index (χ4v) is 3.11. The van der Waals surface area contributed by atoms with Crippen molar-refractivity contribution in [2.24, 2.45) is 5.41 Å². The van der Waals surface area contributed by atoms with Crippen molar-refractivity contribution in [3.8, 4) is 0 Å². The number of nitrogens with one attached hydrogen (secondary N) is 1. The Kier molecular flexibility index (Phi) is 4.76. The van der Waals surface area contributed by atoms with E-state index in [-0.39, 0.29) is 18.6 Å². The van der Waals surface area contributed by atoms with E-state index in [9.17, 15) is 9.59 Å². The quantitative estimate of drug-likeness (QED) is 0.825. The van der Waals surface area contributed by atoms with Crippen LogP contribution in [0.4, 0.5) is 4.79 Å². The minimum absolute atomic E-state index is 0.137. The van der Waals surface area contributed by atoms with Gasteiger partial charge in [-0.1, -0.05) is 6.42 Å². The molecule has 2 unspecified atom stereocenters. The molecule has 2 atom stereocenters. The number of rotatable bonds is 3. The monoisotopic (exact) mass is 297 g/mol. The van der Waals surface area contributed by atoms with Gasteiger partial charge < -0.3 is 15.3 Å². The highest BCUT2D eigenvalue weighted by molar-refractivity contribution is 5.78. The van der Waals surface area contributed by atoms with Gasteiger partial charge in [-0.25, -0.2) is 4.79 Å². The van der Waals surface area contributed by atoms with Crippen LogP contribution in [0.1, 0.15) is 40.0 Å². The molecule has 120 valence electrons. The van der Waals surface area contributed by atoms with E-state index in [0.717, 1.165) is 26.1 Å². The molecule has 2 aliphatic heterocycles. The van der Waals surface area contributed by atoms with E-state index >= 15 is 0 Å². The molecule has 2 aliphatic rings. The lowest BCUT2D eigenvalue weighted by Crippen LogP contribution is -2.62. The van der Waals surface area contributed by atoms with Gasteiger partial charge in [0.15, 0.2) is 0 Å². The van der Waals surface area contributed by atoms with Gasteiger partial charge in [-0.05, 0) is 40.2 Å². The van der Waals surface area contributed by atoms with Crippen LogP contribution in [0.3, 0.4) is 0 Å². The molecule has 0 aromatic heterocycles. The molecule has 0 radical (unpaired) electrons. The van der Waals surface area contributed by atoms with Gasteiger partial charge in [-0.2, -0.15) is 0 Å². The summed E-state index contributed by atoms with van der Waals surface area (Å²) in [5.74, 6) is -0.895. The summed E-state index contributed by atoms with van der Waals surface area (Å²) in [4.78, 5) is 27.8. The summed E-state index contributed by atoms with van der Waals surface area (Å²) in [6.07, 6.45) is 3.64. The highest BCUT2D eigenvalue weighted by Crippen LogP contribution is 2.24. The molecule has 2 N–H and O–H groups in total. The largest absolute Gasteiger partial charge is 0.481 e. The number of carboxylic acids is 1. The van der Waals surface area contributed by atoms with E-state index in [1.165, 1.54) is 12.8 Å². The molecule has 0 aromatic rings. The minimum atomic E-state index is -0.939. The van der Waals surface area contributed by atoms with Crippen LogP contribution in [0.2, 0.25) is 0 Å². The van der Waals surface area contributed by atoms with Gasteiger partial charge in [-0.15, -0.1) is 0 Å². The summed E-state index contributed by atoms with van der Waals surface area (Å²) in [5, 5.41) is 11.9. The average molecular weight is 297 g/mol. The first kappa shape index (κ1) is 16.1. The number of carbonyl (C=O) groups is 2. The third-order valence-electron chi connectivity index (χ3n) is 4.71. The summed E-state index contributed by atoms with van der Waals surface area (Å²) in [5.41, 5.74) is -0.939. The van der Waals surface area contributed by atoms with Gasteiger partial charge in [0.25, 0.3) is 0 Å². The van der Waals surface area contributed by atoms with Crippen molar-refractivity contribution in [2.45, 2.75) is 52.1 Å². The van der Waals surface area contributed by atoms with Gasteiger partial charge in [0.2, 0.25) is 0 Å². The molecule has 0 spiro atoms. The number of amides is 2. The van der Waals surface area contributed by atoms with Crippen LogP contribution in [0, 0.1) is 5.41 Å². The second-order valence-electron chi connectivity index (χ2n) is 6.99. The Morgan fingerprint density at radius 2 is 2.00 bits per heavy atom. The van der Waals surface area contributed by atoms with Crippen molar-refractivity contribution in [3.05, 3.63) is 0 Å². The maximum atomic E-state index is 12.4. The predicted molar refractivity (Wildman–Crippen MR) is 80.2 cm³/mol. The molecule has 2 rings (SSSR count). The summed E-state index contributed by atoms with van der Waals surface area (Å²) in [6, 6.07) is 0.502. The Labute approximate surface area is 126 Å². The van der Waals surface area contributed by atoms with E-state index in [2.05, 4.69) is 17.1 Å². The number of hydrogen-bond acceptors (Lipinski definition) is 3. The van der Waals surface area contributed by atoms with Gasteiger partial charge in [0.05, 0.1) is 5.41 Å². The lowest BCUT2D eigenvalue weighted by Gasteiger charge is -2.47. The summed E-state index contributed by atoms with van der Waals surface area (Å²) in [6.45, 7) is 8.26. The van der Waals surface area contributed by atoms with Gasteiger partial charge >= 0.3 is 12.0 Å². The number of aliphatic carboxylic acids is 1. The second-order valence-corrected chi connectivity index (χ2v) is 6.99. The first-order chi connectivity index (χ1) is 9.81. The molecule has 0 saturated carbocycles. The smallest absolute Gasteiger partial charge is 0.317 e. The SMILES string of the molecule is CC1CN2CCCCC2CN1C(=O)NCC(C)(C)C(=O)O. The van der Waals surface area contributed by atoms with Crippen LogP contribution >= 0.6 is 0 Å². The van der Waals surface area contributed by atoms with Crippen molar-refractivity contribution in [1.29, 1.82) is 0 Å². The molecule has 0 aromatic carbocycles. The zero-order valence-corrected chi connectivity index (χ0v) is 13.3. The first-order valence-electron chi connectivity index (χ1n) is 7.83. The average Bonchev–Trinajstić information content (AvgIpc) is 2.44. The van der Waals surface area contributed by atoms with E-state index in [4.69, 9.17) is 5.11 Å². The molecule has 2 saturated heterocycles. The lowest BCUT2D eigenvalue weighted by atomic mass is 9.94. The Bertz CT molecular complexity index is 411. The fraction of sp³-hybridized carbons (Fsp3) is 0.867. The third-order valence-corrected chi connectivity index (χ3v) is 4.71. The number of piperazine rings is 1. The maximum absolute atomic E-state index is 12.4. The van der Waals surface area contributed by atoms with Crippen LogP contribution < -0.4 is 5.32 Å². The molecule has 0 bridgehead atoms. The highest BCUT2D eigenvalue weighted by atomic mass is 16.4.